The first-order chi connectivity index (χ1) is 9.17. The average molecular weight is 258 g/mol. The van der Waals surface area contributed by atoms with Crippen LogP contribution in [0.4, 0.5) is 0 Å². The van der Waals surface area contributed by atoms with Gasteiger partial charge >= 0.3 is 0 Å². The molecule has 0 heterocycles. The van der Waals surface area contributed by atoms with E-state index in [0.29, 0.717) is 11.2 Å². The Labute approximate surface area is 117 Å². The number of phenolic OH excluding ortho intramolecular Hbond substituents is 1. The Morgan fingerprint density at radius 2 is 2.16 bits per heavy atom. The normalized spacial score (nSPS) is 33.6. The third kappa shape index (κ3) is 1.98. The molecule has 1 fully saturated rings. The lowest BCUT2D eigenvalue weighted by Crippen LogP contribution is -2.45. The molecule has 2 aliphatic rings. The van der Waals surface area contributed by atoms with Crippen LogP contribution >= 0.6 is 0 Å². The first kappa shape index (κ1) is 13.0. The lowest BCUT2D eigenvalue weighted by molar-refractivity contribution is 0.101. The van der Waals surface area contributed by atoms with Crippen LogP contribution in [-0.4, -0.2) is 5.11 Å². The van der Waals surface area contributed by atoms with E-state index in [4.69, 9.17) is 0 Å². The quantitative estimate of drug-likeness (QED) is 0.807. The number of aromatic hydroxyl groups is 1. The number of hydrogen-bond donors (Lipinski definition) is 1. The standard InChI is InChI=1S/C18H26O/c1-3-9-18-10-5-4-6-16(18)13(2)11-14-7-8-15(19)12-17(14)18/h7-8,12-13,16,19H,3-6,9-11H2,1-2H3/t13-,16+,18+/m0/s1. The Morgan fingerprint density at radius 3 is 2.95 bits per heavy atom. The lowest BCUT2D eigenvalue weighted by atomic mass is 9.53. The molecule has 0 aromatic heterocycles. The second-order valence-corrected chi connectivity index (χ2v) is 6.78. The summed E-state index contributed by atoms with van der Waals surface area (Å²) in [6, 6.07) is 6.12. The van der Waals surface area contributed by atoms with Crippen LogP contribution in [-0.2, 0) is 11.8 Å². The summed E-state index contributed by atoms with van der Waals surface area (Å²) < 4.78 is 0. The van der Waals surface area contributed by atoms with Crippen LogP contribution in [0.1, 0.15) is 63.5 Å². The molecule has 1 saturated carbocycles. The van der Waals surface area contributed by atoms with Crippen LogP contribution in [0.15, 0.2) is 18.2 Å². The first-order valence-corrected chi connectivity index (χ1v) is 8.00. The Bertz CT molecular complexity index is 461. The van der Waals surface area contributed by atoms with E-state index in [1.165, 1.54) is 56.1 Å². The maximum atomic E-state index is 9.93. The van der Waals surface area contributed by atoms with Crippen LogP contribution in [0.2, 0.25) is 0 Å². The van der Waals surface area contributed by atoms with E-state index in [1.54, 1.807) is 0 Å². The van der Waals surface area contributed by atoms with Gasteiger partial charge in [0.25, 0.3) is 0 Å². The molecule has 1 N–H and O–H groups in total. The van der Waals surface area contributed by atoms with E-state index < -0.39 is 0 Å². The van der Waals surface area contributed by atoms with E-state index in [2.05, 4.69) is 26.0 Å². The van der Waals surface area contributed by atoms with Crippen molar-refractivity contribution in [3.8, 4) is 5.75 Å². The van der Waals surface area contributed by atoms with Crippen LogP contribution in [0, 0.1) is 11.8 Å². The number of hydrogen-bond acceptors (Lipinski definition) is 1. The molecule has 1 aromatic carbocycles. The van der Waals surface area contributed by atoms with Crippen molar-refractivity contribution in [1.82, 2.24) is 0 Å². The maximum Gasteiger partial charge on any atom is 0.115 e. The molecule has 104 valence electrons. The molecule has 3 atom stereocenters. The minimum atomic E-state index is 0.360. The monoisotopic (exact) mass is 258 g/mol. The van der Waals surface area contributed by atoms with Crippen molar-refractivity contribution >= 4 is 0 Å². The van der Waals surface area contributed by atoms with Gasteiger partial charge in [-0.3, -0.25) is 0 Å². The molecule has 1 aromatic rings. The van der Waals surface area contributed by atoms with Crippen molar-refractivity contribution in [2.45, 2.75) is 64.2 Å². The van der Waals surface area contributed by atoms with Gasteiger partial charge < -0.3 is 5.11 Å². The van der Waals surface area contributed by atoms with Gasteiger partial charge in [0, 0.05) is 0 Å². The van der Waals surface area contributed by atoms with Crippen molar-refractivity contribution in [1.29, 1.82) is 0 Å². The fourth-order valence-corrected chi connectivity index (χ4v) is 5.02. The number of rotatable bonds is 2. The highest BCUT2D eigenvalue weighted by Gasteiger charge is 2.47. The molecule has 2 aliphatic carbocycles. The highest BCUT2D eigenvalue weighted by Crippen LogP contribution is 2.55. The van der Waals surface area contributed by atoms with Gasteiger partial charge in [-0.1, -0.05) is 39.2 Å². The van der Waals surface area contributed by atoms with Gasteiger partial charge in [0.1, 0.15) is 5.75 Å². The molecule has 1 nitrogen and oxygen atoms in total. The molecule has 0 bridgehead atoms. The second-order valence-electron chi connectivity index (χ2n) is 6.78. The molecule has 3 rings (SSSR count). The van der Waals surface area contributed by atoms with Crippen LogP contribution < -0.4 is 0 Å². The molecule has 0 saturated heterocycles. The third-order valence-corrected chi connectivity index (χ3v) is 5.65. The summed E-state index contributed by atoms with van der Waals surface area (Å²) >= 11 is 0. The molecule has 1 heteroatoms. The summed E-state index contributed by atoms with van der Waals surface area (Å²) in [5, 5.41) is 9.93. The Balaban J connectivity index is 2.14. The topological polar surface area (TPSA) is 20.2 Å². The van der Waals surface area contributed by atoms with Crippen LogP contribution in [0.25, 0.3) is 0 Å². The van der Waals surface area contributed by atoms with E-state index in [-0.39, 0.29) is 0 Å². The smallest absolute Gasteiger partial charge is 0.115 e. The van der Waals surface area contributed by atoms with Gasteiger partial charge in [-0.25, -0.2) is 0 Å². The fraction of sp³-hybridized carbons (Fsp3) is 0.667. The first-order valence-electron chi connectivity index (χ1n) is 8.00. The molecule has 0 spiro atoms. The van der Waals surface area contributed by atoms with Gasteiger partial charge in [-0.15, -0.1) is 0 Å². The average Bonchev–Trinajstić information content (AvgIpc) is 2.41. The van der Waals surface area contributed by atoms with Crippen molar-refractivity contribution in [3.63, 3.8) is 0 Å². The minimum Gasteiger partial charge on any atom is -0.508 e. The molecule has 0 amide bonds. The molecular weight excluding hydrogens is 232 g/mol. The maximum absolute atomic E-state index is 9.93. The largest absolute Gasteiger partial charge is 0.508 e. The SMILES string of the molecule is CCC[C@@]12CCCC[C@@H]1[C@@H](C)Cc1ccc(O)cc12. The zero-order chi connectivity index (χ0) is 13.5. The molecular formula is C18H26O. The van der Waals surface area contributed by atoms with Crippen LogP contribution in [0.3, 0.4) is 0 Å². The second kappa shape index (κ2) is 4.85. The third-order valence-electron chi connectivity index (χ3n) is 5.65. The van der Waals surface area contributed by atoms with Gasteiger partial charge in [0.15, 0.2) is 0 Å². The van der Waals surface area contributed by atoms with E-state index in [9.17, 15) is 5.11 Å². The van der Waals surface area contributed by atoms with Gasteiger partial charge in [-0.2, -0.15) is 0 Å². The molecule has 19 heavy (non-hydrogen) atoms. The minimum absolute atomic E-state index is 0.360. The van der Waals surface area contributed by atoms with Crippen molar-refractivity contribution in [3.05, 3.63) is 29.3 Å². The van der Waals surface area contributed by atoms with Crippen molar-refractivity contribution in [2.24, 2.45) is 11.8 Å². The highest BCUT2D eigenvalue weighted by molar-refractivity contribution is 5.43. The van der Waals surface area contributed by atoms with Gasteiger partial charge in [-0.05, 0) is 66.2 Å². The summed E-state index contributed by atoms with van der Waals surface area (Å²) in [6.07, 6.45) is 9.21. The van der Waals surface area contributed by atoms with Crippen LogP contribution in [0.5, 0.6) is 5.75 Å². The van der Waals surface area contributed by atoms with Gasteiger partial charge in [0.2, 0.25) is 0 Å². The molecule has 0 aliphatic heterocycles. The predicted molar refractivity (Wildman–Crippen MR) is 79.5 cm³/mol. The lowest BCUT2D eigenvalue weighted by Gasteiger charge is -2.52. The van der Waals surface area contributed by atoms with E-state index in [1.807, 2.05) is 6.07 Å². The molecule has 0 unspecified atom stereocenters. The Morgan fingerprint density at radius 1 is 1.32 bits per heavy atom. The summed E-state index contributed by atoms with van der Waals surface area (Å²) in [4.78, 5) is 0. The van der Waals surface area contributed by atoms with E-state index in [0.717, 1.165) is 11.8 Å². The zero-order valence-corrected chi connectivity index (χ0v) is 12.3. The summed E-state index contributed by atoms with van der Waals surface area (Å²) in [7, 11) is 0. The predicted octanol–water partition coefficient (Wildman–Crippen LogP) is 4.81. The van der Waals surface area contributed by atoms with E-state index >= 15 is 0 Å². The Hall–Kier alpha value is -0.980. The summed E-state index contributed by atoms with van der Waals surface area (Å²) in [5.74, 6) is 2.08. The van der Waals surface area contributed by atoms with Gasteiger partial charge in [0.05, 0.1) is 0 Å². The number of phenols is 1. The zero-order valence-electron chi connectivity index (χ0n) is 12.3. The van der Waals surface area contributed by atoms with Crippen molar-refractivity contribution in [2.75, 3.05) is 0 Å². The Kier molecular flexibility index (Phi) is 3.32. The number of benzene rings is 1. The number of fused-ring (bicyclic) bond motifs is 3. The fourth-order valence-electron chi connectivity index (χ4n) is 5.02. The summed E-state index contributed by atoms with van der Waals surface area (Å²) in [5.41, 5.74) is 3.34. The van der Waals surface area contributed by atoms with Crippen molar-refractivity contribution < 1.29 is 5.11 Å². The highest BCUT2D eigenvalue weighted by atomic mass is 16.3. The molecule has 0 radical (unpaired) electrons. The summed E-state index contributed by atoms with van der Waals surface area (Å²) in [6.45, 7) is 4.75.